The molecule has 0 aliphatic rings. The van der Waals surface area contributed by atoms with E-state index in [1.165, 1.54) is 10.4 Å². The summed E-state index contributed by atoms with van der Waals surface area (Å²) in [6.07, 6.45) is 1.78. The van der Waals surface area contributed by atoms with Gasteiger partial charge in [-0.3, -0.25) is 0 Å². The number of thiophene rings is 1. The van der Waals surface area contributed by atoms with Crippen molar-refractivity contribution in [3.8, 4) is 5.75 Å². The quantitative estimate of drug-likeness (QED) is 0.911. The van der Waals surface area contributed by atoms with E-state index in [9.17, 15) is 0 Å². The average molecular weight is 326 g/mol. The van der Waals surface area contributed by atoms with Gasteiger partial charge >= 0.3 is 0 Å². The Morgan fingerprint density at radius 2 is 2.17 bits per heavy atom. The van der Waals surface area contributed by atoms with E-state index in [0.717, 1.165) is 23.1 Å². The lowest BCUT2D eigenvalue weighted by Crippen LogP contribution is -2.25. The highest BCUT2D eigenvalue weighted by Gasteiger charge is 2.08. The average Bonchev–Trinajstić information content (AvgIpc) is 2.74. The van der Waals surface area contributed by atoms with E-state index in [1.54, 1.807) is 18.4 Å². The number of nitrogens with two attached hydrogens (primary N) is 1. The van der Waals surface area contributed by atoms with Crippen molar-refractivity contribution in [2.45, 2.75) is 18.9 Å². The molecule has 0 bridgehead atoms. The van der Waals surface area contributed by atoms with Gasteiger partial charge < -0.3 is 10.5 Å². The highest BCUT2D eigenvalue weighted by Crippen LogP contribution is 2.21. The number of ether oxygens (including phenoxy) is 1. The fourth-order valence-corrected chi connectivity index (χ4v) is 3.44. The van der Waals surface area contributed by atoms with Gasteiger partial charge in [-0.1, -0.05) is 12.1 Å². The highest BCUT2D eigenvalue weighted by atomic mass is 79.9. The van der Waals surface area contributed by atoms with Crippen LogP contribution in [0.3, 0.4) is 0 Å². The molecular formula is C14H16BrNOS. The first kappa shape index (κ1) is 13.6. The zero-order valence-electron chi connectivity index (χ0n) is 10.2. The Hall–Kier alpha value is -0.840. The SMILES string of the molecule is COc1cccc(CC(N)Cc2cc(Br)cs2)c1. The number of rotatable bonds is 5. The van der Waals surface area contributed by atoms with E-state index in [4.69, 9.17) is 10.5 Å². The fourth-order valence-electron chi connectivity index (χ4n) is 1.89. The number of methoxy groups -OCH3 is 1. The van der Waals surface area contributed by atoms with Crippen LogP contribution in [0.4, 0.5) is 0 Å². The van der Waals surface area contributed by atoms with Crippen LogP contribution in [0.15, 0.2) is 40.2 Å². The van der Waals surface area contributed by atoms with Gasteiger partial charge in [0.1, 0.15) is 5.75 Å². The molecule has 1 aromatic carbocycles. The van der Waals surface area contributed by atoms with Crippen molar-refractivity contribution in [1.82, 2.24) is 0 Å². The molecule has 18 heavy (non-hydrogen) atoms. The smallest absolute Gasteiger partial charge is 0.119 e. The van der Waals surface area contributed by atoms with E-state index in [0.29, 0.717) is 0 Å². The molecule has 0 aliphatic carbocycles. The lowest BCUT2D eigenvalue weighted by molar-refractivity contribution is 0.414. The van der Waals surface area contributed by atoms with Crippen molar-refractivity contribution in [2.24, 2.45) is 5.73 Å². The predicted octanol–water partition coefficient (Wildman–Crippen LogP) is 3.63. The summed E-state index contributed by atoms with van der Waals surface area (Å²) in [5.41, 5.74) is 7.41. The summed E-state index contributed by atoms with van der Waals surface area (Å²) < 4.78 is 6.35. The molecule has 0 fully saturated rings. The zero-order chi connectivity index (χ0) is 13.0. The van der Waals surface area contributed by atoms with E-state index in [1.807, 2.05) is 18.2 Å². The molecule has 1 aromatic heterocycles. The Balaban J connectivity index is 1.96. The van der Waals surface area contributed by atoms with Gasteiger partial charge in [-0.25, -0.2) is 0 Å². The summed E-state index contributed by atoms with van der Waals surface area (Å²) in [6, 6.07) is 10.4. The molecular weight excluding hydrogens is 310 g/mol. The van der Waals surface area contributed by atoms with Crippen molar-refractivity contribution < 1.29 is 4.74 Å². The second-order valence-corrected chi connectivity index (χ2v) is 6.16. The Morgan fingerprint density at radius 1 is 1.33 bits per heavy atom. The maximum atomic E-state index is 6.19. The van der Waals surface area contributed by atoms with Crippen LogP contribution in [0.25, 0.3) is 0 Å². The molecule has 1 unspecified atom stereocenters. The Labute approximate surface area is 120 Å². The second-order valence-electron chi connectivity index (χ2n) is 4.25. The Kier molecular flexibility index (Phi) is 4.80. The van der Waals surface area contributed by atoms with Gasteiger partial charge in [-0.2, -0.15) is 0 Å². The molecule has 0 saturated heterocycles. The van der Waals surface area contributed by atoms with E-state index >= 15 is 0 Å². The van der Waals surface area contributed by atoms with Gasteiger partial charge in [-0.15, -0.1) is 11.3 Å². The third-order valence-corrected chi connectivity index (χ3v) is 4.44. The Morgan fingerprint density at radius 3 is 2.83 bits per heavy atom. The summed E-state index contributed by atoms with van der Waals surface area (Å²) in [5, 5.41) is 2.09. The van der Waals surface area contributed by atoms with E-state index < -0.39 is 0 Å². The number of benzene rings is 1. The number of halogens is 1. The third-order valence-electron chi connectivity index (χ3n) is 2.72. The molecule has 2 N–H and O–H groups in total. The first-order valence-electron chi connectivity index (χ1n) is 5.79. The molecule has 96 valence electrons. The molecule has 0 saturated carbocycles. The molecule has 2 rings (SSSR count). The first-order valence-corrected chi connectivity index (χ1v) is 7.46. The fraction of sp³-hybridized carbons (Fsp3) is 0.286. The molecule has 0 aliphatic heterocycles. The van der Waals surface area contributed by atoms with Gasteiger partial charge in [0.25, 0.3) is 0 Å². The minimum Gasteiger partial charge on any atom is -0.497 e. The number of hydrogen-bond donors (Lipinski definition) is 1. The molecule has 1 atom stereocenters. The molecule has 2 nitrogen and oxygen atoms in total. The minimum atomic E-state index is 0.141. The van der Waals surface area contributed by atoms with E-state index in [-0.39, 0.29) is 6.04 Å². The predicted molar refractivity (Wildman–Crippen MR) is 80.4 cm³/mol. The monoisotopic (exact) mass is 325 g/mol. The van der Waals surface area contributed by atoms with Crippen molar-refractivity contribution in [1.29, 1.82) is 0 Å². The third kappa shape index (κ3) is 3.83. The number of hydrogen-bond acceptors (Lipinski definition) is 3. The molecule has 1 heterocycles. The minimum absolute atomic E-state index is 0.141. The zero-order valence-corrected chi connectivity index (χ0v) is 12.6. The molecule has 0 spiro atoms. The molecule has 4 heteroatoms. The van der Waals surface area contributed by atoms with Gasteiger partial charge in [0.05, 0.1) is 7.11 Å². The largest absolute Gasteiger partial charge is 0.497 e. The summed E-state index contributed by atoms with van der Waals surface area (Å²) in [4.78, 5) is 1.32. The second kappa shape index (κ2) is 6.36. The summed E-state index contributed by atoms with van der Waals surface area (Å²) in [7, 11) is 1.68. The summed E-state index contributed by atoms with van der Waals surface area (Å²) in [5.74, 6) is 0.888. The molecule has 0 amide bonds. The van der Waals surface area contributed by atoms with Crippen molar-refractivity contribution in [2.75, 3.05) is 7.11 Å². The van der Waals surface area contributed by atoms with Crippen LogP contribution in [-0.2, 0) is 12.8 Å². The summed E-state index contributed by atoms with van der Waals surface area (Å²) in [6.45, 7) is 0. The lowest BCUT2D eigenvalue weighted by Gasteiger charge is -2.11. The Bertz CT molecular complexity index is 512. The van der Waals surface area contributed by atoms with Crippen molar-refractivity contribution >= 4 is 27.3 Å². The van der Waals surface area contributed by atoms with Gasteiger partial charge in [-0.05, 0) is 52.5 Å². The van der Waals surface area contributed by atoms with Crippen LogP contribution in [0.5, 0.6) is 5.75 Å². The van der Waals surface area contributed by atoms with Crippen molar-refractivity contribution in [3.63, 3.8) is 0 Å². The highest BCUT2D eigenvalue weighted by molar-refractivity contribution is 9.10. The van der Waals surface area contributed by atoms with Crippen molar-refractivity contribution in [3.05, 3.63) is 50.6 Å². The first-order chi connectivity index (χ1) is 8.67. The van der Waals surface area contributed by atoms with Crippen LogP contribution in [-0.4, -0.2) is 13.2 Å². The van der Waals surface area contributed by atoms with Crippen LogP contribution < -0.4 is 10.5 Å². The molecule has 2 aromatic rings. The normalized spacial score (nSPS) is 12.4. The van der Waals surface area contributed by atoms with Gasteiger partial charge in [0.15, 0.2) is 0 Å². The van der Waals surface area contributed by atoms with E-state index in [2.05, 4.69) is 33.4 Å². The standard InChI is InChI=1S/C14H16BrNOS/c1-17-13-4-2-3-10(6-13)5-12(16)8-14-7-11(15)9-18-14/h2-4,6-7,9,12H,5,8,16H2,1H3. The summed E-state index contributed by atoms with van der Waals surface area (Å²) >= 11 is 5.21. The maximum Gasteiger partial charge on any atom is 0.119 e. The van der Waals surface area contributed by atoms with Crippen LogP contribution in [0, 0.1) is 0 Å². The van der Waals surface area contributed by atoms with Crippen LogP contribution >= 0.6 is 27.3 Å². The van der Waals surface area contributed by atoms with Crippen LogP contribution in [0.2, 0.25) is 0 Å². The molecule has 0 radical (unpaired) electrons. The van der Waals surface area contributed by atoms with Gasteiger partial charge in [0.2, 0.25) is 0 Å². The maximum absolute atomic E-state index is 6.19. The van der Waals surface area contributed by atoms with Gasteiger partial charge in [0, 0.05) is 20.8 Å². The lowest BCUT2D eigenvalue weighted by atomic mass is 10.0. The topological polar surface area (TPSA) is 35.2 Å². The van der Waals surface area contributed by atoms with Crippen LogP contribution in [0.1, 0.15) is 10.4 Å².